The van der Waals surface area contributed by atoms with E-state index < -0.39 is 65.7 Å². The molecule has 170 valence electrons. The first-order valence-corrected chi connectivity index (χ1v) is 9.64. The largest absolute Gasteiger partial charge is 0.492 e. The normalized spacial score (nSPS) is 16.5. The van der Waals surface area contributed by atoms with Crippen molar-refractivity contribution in [3.8, 4) is 11.8 Å². The summed E-state index contributed by atoms with van der Waals surface area (Å²) in [5, 5.41) is 14.0. The number of nitriles is 1. The number of hydrogen-bond donors (Lipinski definition) is 2. The van der Waals surface area contributed by atoms with Crippen molar-refractivity contribution in [2.45, 2.75) is 6.92 Å². The fourth-order valence-electron chi connectivity index (χ4n) is 2.64. The third-order valence-electron chi connectivity index (χ3n) is 3.98. The Morgan fingerprint density at radius 2 is 2.27 bits per heavy atom. The van der Waals surface area contributed by atoms with E-state index in [9.17, 15) is 14.4 Å². The zero-order valence-corrected chi connectivity index (χ0v) is 18.4. The van der Waals surface area contributed by atoms with Gasteiger partial charge < -0.3 is 20.3 Å². The number of rotatable bonds is 8. The van der Waals surface area contributed by atoms with Gasteiger partial charge in [-0.1, -0.05) is 17.7 Å². The Kier molecular flexibility index (Phi) is 4.72. The van der Waals surface area contributed by atoms with Gasteiger partial charge in [-0.3, -0.25) is 9.78 Å². The van der Waals surface area contributed by atoms with Crippen LogP contribution in [0.1, 0.15) is 24.8 Å². The van der Waals surface area contributed by atoms with Crippen molar-refractivity contribution in [1.82, 2.24) is 9.88 Å². The Morgan fingerprint density at radius 1 is 1.48 bits per heavy atom. The maximum Gasteiger partial charge on any atom is 0.248 e. The molecule has 0 radical (unpaired) electrons. The van der Waals surface area contributed by atoms with Crippen LogP contribution in [0.5, 0.6) is 5.75 Å². The SMILES string of the molecule is [2H]/C(C(=O)Nc1cc2c(Nc3c([2H])c([2H])c(F)c(Cl)c3[2H])c(C#N)cnc2cc1OC([2H])([2H])C)=C(/[2H])C([2H])([2H])N(C)C. The van der Waals surface area contributed by atoms with Gasteiger partial charge in [-0.15, -0.1) is 0 Å². The highest BCUT2D eigenvalue weighted by molar-refractivity contribution is 6.31. The fourth-order valence-corrected chi connectivity index (χ4v) is 2.78. The van der Waals surface area contributed by atoms with Gasteiger partial charge in [0.05, 0.1) is 43.6 Å². The number of nitrogens with zero attached hydrogens (tertiary/aromatic N) is 3. The standard InChI is InChI=1S/C24H23ClFN5O2/c1-4-33-22-12-20-17(11-21(22)30-23(32)6-5-9-31(2)3)24(15(13-27)14-28-20)29-16-7-8-19(26)18(25)10-16/h5-8,10-12,14H,4,9H2,1-3H3,(H,28,29)(H,30,32)/b6-5+/i4D2,5D,6D,7D,8D,9D2,10D. The van der Waals surface area contributed by atoms with Crippen molar-refractivity contribution in [3.05, 3.63) is 65.0 Å². The molecule has 0 unspecified atom stereocenters. The number of ether oxygens (including phenoxy) is 1. The van der Waals surface area contributed by atoms with Crippen molar-refractivity contribution >= 4 is 45.5 Å². The number of hydrogen-bond acceptors (Lipinski definition) is 6. The van der Waals surface area contributed by atoms with Crippen LogP contribution in [0.15, 0.2) is 48.6 Å². The molecule has 0 fully saturated rings. The van der Waals surface area contributed by atoms with Gasteiger partial charge in [0.1, 0.15) is 17.6 Å². The monoisotopic (exact) mass is 476 g/mol. The maximum atomic E-state index is 14.2. The van der Waals surface area contributed by atoms with E-state index >= 15 is 0 Å². The number of carbonyl (C=O) groups is 1. The number of nitrogens with one attached hydrogen (secondary N) is 2. The van der Waals surface area contributed by atoms with E-state index in [1.807, 2.05) is 6.07 Å². The highest BCUT2D eigenvalue weighted by Gasteiger charge is 2.15. The van der Waals surface area contributed by atoms with Crippen LogP contribution in [0, 0.1) is 17.1 Å². The Balaban J connectivity index is 2.28. The van der Waals surface area contributed by atoms with E-state index in [0.29, 0.717) is 0 Å². The van der Waals surface area contributed by atoms with Crippen LogP contribution >= 0.6 is 11.6 Å². The molecule has 0 aliphatic rings. The zero-order chi connectivity index (χ0) is 31.9. The average molecular weight is 477 g/mol. The molecule has 1 aromatic heterocycles. The average Bonchev–Trinajstić information content (AvgIpc) is 2.91. The third kappa shape index (κ3) is 5.98. The molecule has 2 aromatic carbocycles. The molecule has 7 nitrogen and oxygen atoms in total. The number of anilines is 3. The van der Waals surface area contributed by atoms with Crippen molar-refractivity contribution in [2.24, 2.45) is 0 Å². The molecule has 0 bridgehead atoms. The third-order valence-corrected chi connectivity index (χ3v) is 4.24. The van der Waals surface area contributed by atoms with Crippen LogP contribution in [-0.4, -0.2) is 42.9 Å². The van der Waals surface area contributed by atoms with Gasteiger partial charge in [0.25, 0.3) is 0 Å². The van der Waals surface area contributed by atoms with Crippen LogP contribution < -0.4 is 15.4 Å². The van der Waals surface area contributed by atoms with Crippen LogP contribution in [0.3, 0.4) is 0 Å². The lowest BCUT2D eigenvalue weighted by Gasteiger charge is -2.16. The number of fused-ring (bicyclic) bond motifs is 1. The molecule has 2 N–H and O–H groups in total. The van der Waals surface area contributed by atoms with Crippen molar-refractivity contribution < 1.29 is 26.3 Å². The number of pyridine rings is 1. The molecule has 0 aliphatic heterocycles. The van der Waals surface area contributed by atoms with E-state index in [1.54, 1.807) is 0 Å². The summed E-state index contributed by atoms with van der Waals surface area (Å²) in [4.78, 5) is 18.1. The molecule has 3 aromatic rings. The number of carbonyl (C=O) groups excluding carboxylic acids is 1. The number of aromatic nitrogens is 1. The molecule has 1 heterocycles. The second-order valence-corrected chi connectivity index (χ2v) is 6.92. The molecule has 33 heavy (non-hydrogen) atoms. The molecule has 0 spiro atoms. The quantitative estimate of drug-likeness (QED) is 0.440. The summed E-state index contributed by atoms with van der Waals surface area (Å²) < 4.78 is 91.3. The lowest BCUT2D eigenvalue weighted by molar-refractivity contribution is -0.111. The summed E-state index contributed by atoms with van der Waals surface area (Å²) in [6.45, 7) is -3.68. The van der Waals surface area contributed by atoms with E-state index in [2.05, 4.69) is 15.6 Å². The Bertz CT molecular complexity index is 1640. The molecule has 0 aliphatic carbocycles. The molecule has 0 atom stereocenters. The first-order valence-electron chi connectivity index (χ1n) is 13.8. The summed E-state index contributed by atoms with van der Waals surface area (Å²) in [7, 11) is 2.63. The molecule has 0 saturated carbocycles. The number of benzene rings is 2. The van der Waals surface area contributed by atoms with E-state index in [1.165, 1.54) is 26.2 Å². The number of halogens is 2. The molecular weight excluding hydrogens is 445 g/mol. The fraction of sp³-hybridized carbons (Fsp3) is 0.208. The summed E-state index contributed by atoms with van der Waals surface area (Å²) in [5.41, 5.74) is -0.847. The smallest absolute Gasteiger partial charge is 0.248 e. The first kappa shape index (κ1) is 14.5. The lowest BCUT2D eigenvalue weighted by atomic mass is 10.1. The van der Waals surface area contributed by atoms with Crippen LogP contribution in [0.25, 0.3) is 10.9 Å². The molecular formula is C24H23ClFN5O2. The highest BCUT2D eigenvalue weighted by atomic mass is 35.5. The minimum absolute atomic E-state index is 0.0457. The highest BCUT2D eigenvalue weighted by Crippen LogP contribution is 2.36. The number of amides is 1. The van der Waals surface area contributed by atoms with Crippen molar-refractivity contribution in [3.63, 3.8) is 0 Å². The topological polar surface area (TPSA) is 90.3 Å². The van der Waals surface area contributed by atoms with E-state index in [4.69, 9.17) is 28.7 Å². The predicted molar refractivity (Wildman–Crippen MR) is 129 cm³/mol. The van der Waals surface area contributed by atoms with Gasteiger partial charge in [-0.2, -0.15) is 5.26 Å². The lowest BCUT2D eigenvalue weighted by Crippen LogP contribution is -2.13. The zero-order valence-electron chi connectivity index (χ0n) is 26.6. The minimum atomic E-state index is -2.48. The van der Waals surface area contributed by atoms with E-state index in [-0.39, 0.29) is 33.6 Å². The van der Waals surface area contributed by atoms with Gasteiger partial charge in [-0.25, -0.2) is 4.39 Å². The molecule has 0 saturated heterocycles. The van der Waals surface area contributed by atoms with Crippen LogP contribution in [0.2, 0.25) is 5.02 Å². The summed E-state index contributed by atoms with van der Waals surface area (Å²) in [6, 6.07) is -0.0432. The molecule has 1 amide bonds. The van der Waals surface area contributed by atoms with Gasteiger partial charge in [-0.05, 0) is 45.2 Å². The van der Waals surface area contributed by atoms with Gasteiger partial charge in [0, 0.05) is 38.6 Å². The Labute approximate surface area is 209 Å². The number of likely N-dealkylation sites (N-methyl/N-ethyl adjacent to an activating group) is 1. The van der Waals surface area contributed by atoms with Crippen LogP contribution in [-0.2, 0) is 4.79 Å². The van der Waals surface area contributed by atoms with E-state index in [0.717, 1.165) is 18.0 Å². The summed E-state index contributed by atoms with van der Waals surface area (Å²) in [6.07, 6.45) is 1.12. The predicted octanol–water partition coefficient (Wildman–Crippen LogP) is 5.10. The van der Waals surface area contributed by atoms with Crippen molar-refractivity contribution in [2.75, 3.05) is 37.8 Å². The minimum Gasteiger partial charge on any atom is -0.492 e. The van der Waals surface area contributed by atoms with Gasteiger partial charge >= 0.3 is 0 Å². The second kappa shape index (κ2) is 10.8. The Morgan fingerprint density at radius 3 is 2.97 bits per heavy atom. The van der Waals surface area contributed by atoms with Gasteiger partial charge in [0.2, 0.25) is 5.91 Å². The summed E-state index contributed by atoms with van der Waals surface area (Å²) >= 11 is 5.84. The van der Waals surface area contributed by atoms with Gasteiger partial charge in [0.15, 0.2) is 0 Å². The summed E-state index contributed by atoms with van der Waals surface area (Å²) in [5.74, 6) is -2.79. The first-order chi connectivity index (χ1) is 19.3. The van der Waals surface area contributed by atoms with Crippen LogP contribution in [0.4, 0.5) is 21.5 Å². The maximum absolute atomic E-state index is 14.2. The molecule has 3 rings (SSSR count). The van der Waals surface area contributed by atoms with Crippen molar-refractivity contribution in [1.29, 1.82) is 5.26 Å². The second-order valence-electron chi connectivity index (χ2n) is 6.54. The Hall–Kier alpha value is -3.67. The molecule has 9 heteroatoms.